The summed E-state index contributed by atoms with van der Waals surface area (Å²) in [5, 5.41) is 19.7. The van der Waals surface area contributed by atoms with Crippen LogP contribution in [-0.2, 0) is 13.6 Å². The normalized spacial score (nSPS) is 11.6. The van der Waals surface area contributed by atoms with Gasteiger partial charge in [-0.2, -0.15) is 28.9 Å². The lowest BCUT2D eigenvalue weighted by Crippen LogP contribution is -2.24. The van der Waals surface area contributed by atoms with Gasteiger partial charge in [0.05, 0.1) is 27.8 Å². The molecule has 36 heavy (non-hydrogen) atoms. The van der Waals surface area contributed by atoms with E-state index in [1.54, 1.807) is 35.1 Å². The highest BCUT2D eigenvalue weighted by atomic mass is 19.3. The SMILES string of the molecule is CC(C)Cn1cc(C#N)c2nn(-c3ccc4nn(C)cc4c3)c(=O)c(-c3ccc(OC(F)F)cc3)c21. The Kier molecular flexibility index (Phi) is 5.76. The molecule has 0 N–H and O–H groups in total. The number of aromatic nitrogens is 5. The van der Waals surface area contributed by atoms with Crippen LogP contribution in [0, 0.1) is 17.2 Å². The van der Waals surface area contributed by atoms with Crippen molar-refractivity contribution in [3.63, 3.8) is 0 Å². The molecule has 5 rings (SSSR count). The predicted molar refractivity (Wildman–Crippen MR) is 131 cm³/mol. The molecule has 0 aliphatic carbocycles. The van der Waals surface area contributed by atoms with Gasteiger partial charge in [0, 0.05) is 31.4 Å². The summed E-state index contributed by atoms with van der Waals surface area (Å²) in [6.07, 6.45) is 3.54. The zero-order valence-corrected chi connectivity index (χ0v) is 19.8. The Morgan fingerprint density at radius 2 is 1.83 bits per heavy atom. The van der Waals surface area contributed by atoms with Crippen molar-refractivity contribution in [2.75, 3.05) is 0 Å². The van der Waals surface area contributed by atoms with Crippen LogP contribution in [0.25, 0.3) is 38.8 Å². The molecule has 182 valence electrons. The van der Waals surface area contributed by atoms with Crippen molar-refractivity contribution < 1.29 is 13.5 Å². The average Bonchev–Trinajstić information content (AvgIpc) is 3.37. The molecule has 0 fully saturated rings. The van der Waals surface area contributed by atoms with Crippen LogP contribution in [0.15, 0.2) is 59.7 Å². The highest BCUT2D eigenvalue weighted by Crippen LogP contribution is 2.31. The number of hydrogen-bond acceptors (Lipinski definition) is 5. The fourth-order valence-electron chi connectivity index (χ4n) is 4.39. The number of fused-ring (bicyclic) bond motifs is 2. The molecule has 0 aliphatic heterocycles. The minimum Gasteiger partial charge on any atom is -0.435 e. The summed E-state index contributed by atoms with van der Waals surface area (Å²) >= 11 is 0. The third-order valence-electron chi connectivity index (χ3n) is 5.79. The van der Waals surface area contributed by atoms with E-state index in [1.807, 2.05) is 37.7 Å². The number of aryl methyl sites for hydroxylation is 1. The van der Waals surface area contributed by atoms with E-state index in [4.69, 9.17) is 0 Å². The Hall–Kier alpha value is -4.52. The molecule has 0 amide bonds. The van der Waals surface area contributed by atoms with Crippen LogP contribution in [-0.4, -0.2) is 30.7 Å². The molecule has 0 radical (unpaired) electrons. The van der Waals surface area contributed by atoms with Crippen LogP contribution in [0.5, 0.6) is 5.75 Å². The predicted octanol–water partition coefficient (Wildman–Crippen LogP) is 4.87. The fourth-order valence-corrected chi connectivity index (χ4v) is 4.39. The number of benzene rings is 2. The summed E-state index contributed by atoms with van der Waals surface area (Å²) in [4.78, 5) is 14.0. The quantitative estimate of drug-likeness (QED) is 0.340. The number of nitriles is 1. The summed E-state index contributed by atoms with van der Waals surface area (Å²) < 4.78 is 34.6. The summed E-state index contributed by atoms with van der Waals surface area (Å²) in [7, 11) is 1.81. The van der Waals surface area contributed by atoms with Crippen molar-refractivity contribution in [1.82, 2.24) is 24.1 Å². The summed E-state index contributed by atoms with van der Waals surface area (Å²) in [6.45, 7) is 1.67. The van der Waals surface area contributed by atoms with Crippen LogP contribution in [0.3, 0.4) is 0 Å². The number of ether oxygens (including phenoxy) is 1. The molecular weight excluding hydrogens is 466 g/mol. The van der Waals surface area contributed by atoms with Crippen LogP contribution >= 0.6 is 0 Å². The molecular formula is C26H22F2N6O2. The van der Waals surface area contributed by atoms with Gasteiger partial charge in [-0.1, -0.05) is 26.0 Å². The molecule has 2 aromatic carbocycles. The van der Waals surface area contributed by atoms with Gasteiger partial charge in [0.25, 0.3) is 5.56 Å². The molecule has 0 unspecified atom stereocenters. The smallest absolute Gasteiger partial charge is 0.387 e. The van der Waals surface area contributed by atoms with E-state index < -0.39 is 12.2 Å². The summed E-state index contributed by atoms with van der Waals surface area (Å²) in [5.74, 6) is 0.217. The zero-order chi connectivity index (χ0) is 25.6. The molecule has 0 saturated heterocycles. The number of rotatable bonds is 6. The first-order chi connectivity index (χ1) is 17.2. The Balaban J connectivity index is 1.81. The van der Waals surface area contributed by atoms with Crippen molar-refractivity contribution in [3.8, 4) is 28.6 Å². The standard InChI is InChI=1S/C26H22F2N6O2/c1-15(2)12-33-14-18(11-29)23-24(33)22(16-4-7-20(8-5-16)36-26(27)28)25(35)34(31-23)19-6-9-21-17(10-19)13-32(3)30-21/h4-10,13-15,26H,12H2,1-3H3. The van der Waals surface area contributed by atoms with Crippen molar-refractivity contribution >= 4 is 21.9 Å². The third kappa shape index (κ3) is 4.09. The second-order valence-corrected chi connectivity index (χ2v) is 8.94. The van der Waals surface area contributed by atoms with E-state index >= 15 is 0 Å². The highest BCUT2D eigenvalue weighted by molar-refractivity contribution is 5.95. The molecule has 0 saturated carbocycles. The van der Waals surface area contributed by atoms with Gasteiger partial charge < -0.3 is 9.30 Å². The van der Waals surface area contributed by atoms with E-state index in [2.05, 4.69) is 21.0 Å². The molecule has 5 aromatic rings. The van der Waals surface area contributed by atoms with E-state index in [1.165, 1.54) is 16.8 Å². The van der Waals surface area contributed by atoms with Crippen LogP contribution in [0.4, 0.5) is 8.78 Å². The molecule has 0 bridgehead atoms. The highest BCUT2D eigenvalue weighted by Gasteiger charge is 2.22. The van der Waals surface area contributed by atoms with Gasteiger partial charge in [0.15, 0.2) is 0 Å². The van der Waals surface area contributed by atoms with Gasteiger partial charge in [-0.05, 0) is 41.8 Å². The second-order valence-electron chi connectivity index (χ2n) is 8.94. The Bertz CT molecular complexity index is 1690. The monoisotopic (exact) mass is 488 g/mol. The lowest BCUT2D eigenvalue weighted by molar-refractivity contribution is -0.0498. The minimum atomic E-state index is -2.95. The molecule has 0 spiro atoms. The second kappa shape index (κ2) is 8.92. The van der Waals surface area contributed by atoms with E-state index in [-0.39, 0.29) is 11.7 Å². The van der Waals surface area contributed by atoms with Crippen molar-refractivity contribution in [2.45, 2.75) is 27.0 Å². The molecule has 10 heteroatoms. The van der Waals surface area contributed by atoms with E-state index in [9.17, 15) is 18.8 Å². The van der Waals surface area contributed by atoms with Crippen molar-refractivity contribution in [1.29, 1.82) is 5.26 Å². The maximum atomic E-state index is 14.0. The first-order valence-corrected chi connectivity index (χ1v) is 11.3. The summed E-state index contributed by atoms with van der Waals surface area (Å²) in [6, 6.07) is 13.4. The molecule has 0 atom stereocenters. The average molecular weight is 488 g/mol. The molecule has 3 heterocycles. The van der Waals surface area contributed by atoms with Crippen molar-refractivity contribution in [3.05, 3.63) is 70.8 Å². The van der Waals surface area contributed by atoms with E-state index in [0.717, 1.165) is 10.9 Å². The topological polar surface area (TPSA) is 90.7 Å². The first kappa shape index (κ1) is 23.2. The van der Waals surface area contributed by atoms with Gasteiger partial charge in [-0.25, -0.2) is 0 Å². The fraction of sp³-hybridized carbons (Fsp3) is 0.231. The number of hydrogen-bond donors (Lipinski definition) is 0. The van der Waals surface area contributed by atoms with Gasteiger partial charge in [-0.3, -0.25) is 9.48 Å². The first-order valence-electron chi connectivity index (χ1n) is 11.3. The van der Waals surface area contributed by atoms with Crippen LogP contribution < -0.4 is 10.3 Å². The van der Waals surface area contributed by atoms with E-state index in [0.29, 0.717) is 40.0 Å². The van der Waals surface area contributed by atoms with Gasteiger partial charge in [0.2, 0.25) is 0 Å². The number of halogens is 2. The minimum absolute atomic E-state index is 0.0170. The zero-order valence-electron chi connectivity index (χ0n) is 19.8. The summed E-state index contributed by atoms with van der Waals surface area (Å²) in [5.41, 5.74) is 2.93. The largest absolute Gasteiger partial charge is 0.435 e. The van der Waals surface area contributed by atoms with Crippen LogP contribution in [0.2, 0.25) is 0 Å². The Morgan fingerprint density at radius 1 is 1.08 bits per heavy atom. The lowest BCUT2D eigenvalue weighted by atomic mass is 10.1. The molecule has 8 nitrogen and oxygen atoms in total. The molecule has 0 aliphatic rings. The number of alkyl halides is 2. The maximum Gasteiger partial charge on any atom is 0.387 e. The molecule has 3 aromatic heterocycles. The lowest BCUT2D eigenvalue weighted by Gasteiger charge is -2.14. The van der Waals surface area contributed by atoms with Gasteiger partial charge >= 0.3 is 6.61 Å². The van der Waals surface area contributed by atoms with Crippen LogP contribution in [0.1, 0.15) is 19.4 Å². The third-order valence-corrected chi connectivity index (χ3v) is 5.79. The van der Waals surface area contributed by atoms with Crippen molar-refractivity contribution in [2.24, 2.45) is 13.0 Å². The Morgan fingerprint density at radius 3 is 2.50 bits per heavy atom. The Labute approximate surface area is 204 Å². The number of nitrogens with zero attached hydrogens (tertiary/aromatic N) is 6. The van der Waals surface area contributed by atoms with Gasteiger partial charge in [0.1, 0.15) is 17.3 Å². The maximum absolute atomic E-state index is 14.0. The van der Waals surface area contributed by atoms with Gasteiger partial charge in [-0.15, -0.1) is 0 Å².